The van der Waals surface area contributed by atoms with Crippen molar-refractivity contribution >= 4 is 62.6 Å². The molecule has 0 bridgehead atoms. The average molecular weight is 541 g/mol. The predicted octanol–water partition coefficient (Wildman–Crippen LogP) is 5.39. The van der Waals surface area contributed by atoms with E-state index in [1.807, 2.05) is 0 Å². The number of ether oxygens (including phenoxy) is 1. The Labute approximate surface area is 212 Å². The summed E-state index contributed by atoms with van der Waals surface area (Å²) in [7, 11) is -4.14. The molecule has 1 N–H and O–H groups in total. The molecule has 3 aromatic rings. The van der Waals surface area contributed by atoms with Gasteiger partial charge in [-0.3, -0.25) is 9.10 Å². The summed E-state index contributed by atoms with van der Waals surface area (Å²) in [6.07, 6.45) is 1.37. The number of nitrogens with zero attached hydrogens (tertiary/aromatic N) is 2. The number of carbonyl (C=O) groups excluding carboxylic acids is 1. The Hall–Kier alpha value is -2.78. The van der Waals surface area contributed by atoms with Gasteiger partial charge in [0.15, 0.2) is 0 Å². The van der Waals surface area contributed by atoms with Gasteiger partial charge >= 0.3 is 0 Å². The van der Waals surface area contributed by atoms with Crippen molar-refractivity contribution in [2.24, 2.45) is 5.10 Å². The van der Waals surface area contributed by atoms with Crippen LogP contribution in [0.5, 0.6) is 5.75 Å². The lowest BCUT2D eigenvalue weighted by Crippen LogP contribution is -2.39. The number of amides is 1. The van der Waals surface area contributed by atoms with E-state index >= 15 is 0 Å². The fourth-order valence-electron chi connectivity index (χ4n) is 2.91. The van der Waals surface area contributed by atoms with E-state index in [0.717, 1.165) is 4.31 Å². The third-order valence-corrected chi connectivity index (χ3v) is 7.23. The number of nitrogens with one attached hydrogen (secondary N) is 1. The molecule has 3 aromatic carbocycles. The molecule has 178 valence electrons. The maximum absolute atomic E-state index is 13.5. The van der Waals surface area contributed by atoms with Gasteiger partial charge in [-0.15, -0.1) is 0 Å². The van der Waals surface area contributed by atoms with Crippen LogP contribution < -0.4 is 14.5 Å². The highest BCUT2D eigenvalue weighted by molar-refractivity contribution is 7.92. The molecular weight excluding hydrogens is 521 g/mol. The zero-order chi connectivity index (χ0) is 24.7. The van der Waals surface area contributed by atoms with Gasteiger partial charge in [0.2, 0.25) is 0 Å². The summed E-state index contributed by atoms with van der Waals surface area (Å²) in [6.45, 7) is 1.54. The van der Waals surface area contributed by atoms with Gasteiger partial charge in [0.1, 0.15) is 12.3 Å². The second-order valence-corrected chi connectivity index (χ2v) is 9.95. The molecule has 0 atom stereocenters. The van der Waals surface area contributed by atoms with Crippen molar-refractivity contribution in [1.82, 2.24) is 5.43 Å². The van der Waals surface area contributed by atoms with E-state index in [1.165, 1.54) is 30.5 Å². The van der Waals surface area contributed by atoms with Crippen LogP contribution in [0.4, 0.5) is 5.69 Å². The van der Waals surface area contributed by atoms with Gasteiger partial charge in [-0.25, -0.2) is 13.8 Å². The third kappa shape index (κ3) is 6.42. The summed E-state index contributed by atoms with van der Waals surface area (Å²) in [4.78, 5) is 12.7. The zero-order valence-corrected chi connectivity index (χ0v) is 21.0. The molecule has 1 amide bonds. The van der Waals surface area contributed by atoms with Crippen LogP contribution in [0.1, 0.15) is 12.5 Å². The van der Waals surface area contributed by atoms with Crippen LogP contribution in [0.2, 0.25) is 15.1 Å². The molecule has 0 aliphatic heterocycles. The largest absolute Gasteiger partial charge is 0.492 e. The standard InChI is InChI=1S/C23H20Cl3N3O4S/c1-2-33-22-6-4-3-5-21(22)29(34(31,32)18-10-8-17(24)9-11-18)15-23(30)28-27-14-16-7-12-19(25)20(26)13-16/h3-14H,2,15H2,1H3,(H,28,30)/b27-14-. The molecule has 0 saturated carbocycles. The Bertz CT molecular complexity index is 1300. The Balaban J connectivity index is 1.89. The van der Waals surface area contributed by atoms with Crippen molar-refractivity contribution in [2.75, 3.05) is 17.5 Å². The van der Waals surface area contributed by atoms with Crippen LogP contribution >= 0.6 is 34.8 Å². The van der Waals surface area contributed by atoms with Gasteiger partial charge in [0.25, 0.3) is 15.9 Å². The monoisotopic (exact) mass is 539 g/mol. The van der Waals surface area contributed by atoms with E-state index in [4.69, 9.17) is 39.5 Å². The van der Waals surface area contributed by atoms with Gasteiger partial charge in [-0.2, -0.15) is 5.10 Å². The minimum atomic E-state index is -4.14. The minimum absolute atomic E-state index is 0.0321. The van der Waals surface area contributed by atoms with E-state index < -0.39 is 22.5 Å². The van der Waals surface area contributed by atoms with E-state index in [9.17, 15) is 13.2 Å². The number of anilines is 1. The van der Waals surface area contributed by atoms with E-state index in [1.54, 1.807) is 49.4 Å². The van der Waals surface area contributed by atoms with Crippen molar-refractivity contribution in [3.05, 3.63) is 87.4 Å². The normalized spacial score (nSPS) is 11.4. The van der Waals surface area contributed by atoms with Crippen LogP contribution in [-0.4, -0.2) is 33.7 Å². The van der Waals surface area contributed by atoms with Crippen molar-refractivity contribution < 1.29 is 17.9 Å². The Morgan fingerprint density at radius 2 is 1.74 bits per heavy atom. The number of rotatable bonds is 9. The summed E-state index contributed by atoms with van der Waals surface area (Å²) in [5.41, 5.74) is 3.15. The lowest BCUT2D eigenvalue weighted by Gasteiger charge is -2.25. The number of para-hydroxylation sites is 2. The van der Waals surface area contributed by atoms with Crippen molar-refractivity contribution in [3.8, 4) is 5.75 Å². The quantitative estimate of drug-likeness (QED) is 0.291. The topological polar surface area (TPSA) is 88.1 Å². The molecule has 0 aliphatic carbocycles. The molecule has 0 aliphatic rings. The van der Waals surface area contributed by atoms with Gasteiger partial charge in [0.05, 0.1) is 33.4 Å². The molecule has 0 unspecified atom stereocenters. The first kappa shape index (κ1) is 25.8. The van der Waals surface area contributed by atoms with Crippen LogP contribution in [0.15, 0.2) is 76.7 Å². The lowest BCUT2D eigenvalue weighted by molar-refractivity contribution is -0.119. The highest BCUT2D eigenvalue weighted by atomic mass is 35.5. The fraction of sp³-hybridized carbons (Fsp3) is 0.130. The number of hydrazone groups is 1. The fourth-order valence-corrected chi connectivity index (χ4v) is 4.78. The second kappa shape index (κ2) is 11.6. The molecule has 11 heteroatoms. The van der Waals surface area contributed by atoms with Crippen LogP contribution in [0.25, 0.3) is 0 Å². The third-order valence-electron chi connectivity index (χ3n) is 4.47. The number of hydrogen-bond donors (Lipinski definition) is 1. The highest BCUT2D eigenvalue weighted by Crippen LogP contribution is 2.32. The van der Waals surface area contributed by atoms with Crippen LogP contribution in [0, 0.1) is 0 Å². The molecule has 3 rings (SSSR count). The minimum Gasteiger partial charge on any atom is -0.492 e. The Morgan fingerprint density at radius 1 is 1.03 bits per heavy atom. The Kier molecular flexibility index (Phi) is 8.79. The number of halogens is 3. The summed E-state index contributed by atoms with van der Waals surface area (Å²) in [5.74, 6) is -0.352. The van der Waals surface area contributed by atoms with E-state index in [0.29, 0.717) is 33.0 Å². The molecule has 0 spiro atoms. The maximum atomic E-state index is 13.5. The van der Waals surface area contributed by atoms with Crippen LogP contribution in [0.3, 0.4) is 0 Å². The summed E-state index contributed by atoms with van der Waals surface area (Å²) in [5, 5.41) is 5.00. The molecular formula is C23H20Cl3N3O4S. The zero-order valence-electron chi connectivity index (χ0n) is 17.9. The van der Waals surface area contributed by atoms with Crippen molar-refractivity contribution in [2.45, 2.75) is 11.8 Å². The van der Waals surface area contributed by atoms with Crippen LogP contribution in [-0.2, 0) is 14.8 Å². The highest BCUT2D eigenvalue weighted by Gasteiger charge is 2.29. The SMILES string of the molecule is CCOc1ccccc1N(CC(=O)N/N=C\c1ccc(Cl)c(Cl)c1)S(=O)(=O)c1ccc(Cl)cc1. The number of benzene rings is 3. The summed E-state index contributed by atoms with van der Waals surface area (Å²) >= 11 is 17.8. The first-order valence-electron chi connectivity index (χ1n) is 9.99. The molecule has 7 nitrogen and oxygen atoms in total. The van der Waals surface area contributed by atoms with Gasteiger partial charge in [0, 0.05) is 5.02 Å². The first-order chi connectivity index (χ1) is 16.2. The van der Waals surface area contributed by atoms with E-state index in [2.05, 4.69) is 10.5 Å². The van der Waals surface area contributed by atoms with E-state index in [-0.39, 0.29) is 10.6 Å². The van der Waals surface area contributed by atoms with Gasteiger partial charge < -0.3 is 4.74 Å². The molecule has 0 saturated heterocycles. The Morgan fingerprint density at radius 3 is 2.41 bits per heavy atom. The molecule has 0 fully saturated rings. The molecule has 0 aromatic heterocycles. The summed E-state index contributed by atoms with van der Waals surface area (Å²) in [6, 6.07) is 17.1. The predicted molar refractivity (Wildman–Crippen MR) is 136 cm³/mol. The number of carbonyl (C=O) groups is 1. The maximum Gasteiger partial charge on any atom is 0.264 e. The molecule has 0 radical (unpaired) electrons. The molecule has 34 heavy (non-hydrogen) atoms. The average Bonchev–Trinajstić information content (AvgIpc) is 2.81. The van der Waals surface area contributed by atoms with Crippen molar-refractivity contribution in [3.63, 3.8) is 0 Å². The summed E-state index contributed by atoms with van der Waals surface area (Å²) < 4.78 is 33.5. The number of hydrogen-bond acceptors (Lipinski definition) is 5. The smallest absolute Gasteiger partial charge is 0.264 e. The van der Waals surface area contributed by atoms with Gasteiger partial charge in [-0.05, 0) is 61.0 Å². The van der Waals surface area contributed by atoms with Gasteiger partial charge in [-0.1, -0.05) is 53.0 Å². The first-order valence-corrected chi connectivity index (χ1v) is 12.6. The molecule has 0 heterocycles. The van der Waals surface area contributed by atoms with Crippen molar-refractivity contribution in [1.29, 1.82) is 0 Å². The second-order valence-electron chi connectivity index (χ2n) is 6.83. The number of sulfonamides is 1. The lowest BCUT2D eigenvalue weighted by atomic mass is 10.2.